The molecule has 0 amide bonds. The highest BCUT2D eigenvalue weighted by Gasteiger charge is 2.13. The molecule has 2 rings (SSSR count). The molecule has 4 N–H and O–H groups in total. The molecule has 0 saturated heterocycles. The number of para-hydroxylation sites is 1. The molecular formula is C12H13N3O3. The van der Waals surface area contributed by atoms with Crippen LogP contribution in [0.3, 0.4) is 0 Å². The van der Waals surface area contributed by atoms with Gasteiger partial charge >= 0.3 is 5.69 Å². The van der Waals surface area contributed by atoms with Gasteiger partial charge in [0.05, 0.1) is 12.3 Å². The van der Waals surface area contributed by atoms with Crippen LogP contribution in [0.1, 0.15) is 11.7 Å². The number of nitrogen functional groups attached to an aromatic ring is 1. The van der Waals surface area contributed by atoms with Crippen molar-refractivity contribution in [2.75, 3.05) is 12.3 Å². The Kier molecular flexibility index (Phi) is 3.40. The monoisotopic (exact) mass is 247 g/mol. The maximum atomic E-state index is 11.7. The van der Waals surface area contributed by atoms with Gasteiger partial charge in [-0.2, -0.15) is 4.98 Å². The average molecular weight is 247 g/mol. The minimum atomic E-state index is -1.05. The van der Waals surface area contributed by atoms with Crippen LogP contribution in [0.25, 0.3) is 5.69 Å². The molecule has 0 bridgehead atoms. The van der Waals surface area contributed by atoms with E-state index in [-0.39, 0.29) is 5.82 Å². The van der Waals surface area contributed by atoms with E-state index in [1.54, 1.807) is 24.3 Å². The molecule has 0 unspecified atom stereocenters. The number of nitrogens with zero attached hydrogens (tertiary/aromatic N) is 2. The number of rotatable bonds is 3. The molecule has 1 heterocycles. The van der Waals surface area contributed by atoms with E-state index >= 15 is 0 Å². The Morgan fingerprint density at radius 3 is 2.72 bits per heavy atom. The van der Waals surface area contributed by atoms with Crippen LogP contribution >= 0.6 is 0 Å². The SMILES string of the molecule is Nc1ccn(-c2ccccc2[C@H](O)CO)c(=O)n1. The van der Waals surface area contributed by atoms with Crippen molar-refractivity contribution < 1.29 is 10.2 Å². The molecule has 1 atom stereocenters. The molecule has 6 nitrogen and oxygen atoms in total. The highest BCUT2D eigenvalue weighted by atomic mass is 16.3. The van der Waals surface area contributed by atoms with Crippen LogP contribution in [-0.2, 0) is 0 Å². The number of aliphatic hydroxyl groups excluding tert-OH is 2. The van der Waals surface area contributed by atoms with Crippen molar-refractivity contribution in [2.24, 2.45) is 0 Å². The fourth-order valence-electron chi connectivity index (χ4n) is 1.69. The summed E-state index contributed by atoms with van der Waals surface area (Å²) in [4.78, 5) is 15.3. The summed E-state index contributed by atoms with van der Waals surface area (Å²) in [7, 11) is 0. The summed E-state index contributed by atoms with van der Waals surface area (Å²) in [6.07, 6.45) is 0.429. The smallest absolute Gasteiger partial charge is 0.354 e. The van der Waals surface area contributed by atoms with Crippen LogP contribution in [0.2, 0.25) is 0 Å². The van der Waals surface area contributed by atoms with Crippen molar-refractivity contribution in [2.45, 2.75) is 6.10 Å². The molecule has 0 aliphatic heterocycles. The zero-order chi connectivity index (χ0) is 13.1. The predicted molar refractivity (Wildman–Crippen MR) is 66.3 cm³/mol. The van der Waals surface area contributed by atoms with Crippen molar-refractivity contribution in [3.8, 4) is 5.69 Å². The largest absolute Gasteiger partial charge is 0.393 e. The van der Waals surface area contributed by atoms with Gasteiger partial charge < -0.3 is 15.9 Å². The van der Waals surface area contributed by atoms with Gasteiger partial charge in [0.2, 0.25) is 0 Å². The summed E-state index contributed by atoms with van der Waals surface area (Å²) in [6.45, 7) is -0.422. The van der Waals surface area contributed by atoms with Crippen LogP contribution in [-0.4, -0.2) is 26.4 Å². The van der Waals surface area contributed by atoms with Crippen LogP contribution < -0.4 is 11.4 Å². The van der Waals surface area contributed by atoms with Gasteiger partial charge in [0, 0.05) is 11.8 Å². The third-order valence-corrected chi connectivity index (χ3v) is 2.55. The molecule has 2 aromatic rings. The predicted octanol–water partition coefficient (Wildman–Crippen LogP) is -0.160. The Bertz CT molecular complexity index is 610. The molecular weight excluding hydrogens is 234 g/mol. The number of benzene rings is 1. The molecule has 0 spiro atoms. The molecule has 1 aromatic carbocycles. The maximum Gasteiger partial charge on any atom is 0.354 e. The van der Waals surface area contributed by atoms with Crippen molar-refractivity contribution in [3.05, 3.63) is 52.6 Å². The van der Waals surface area contributed by atoms with Gasteiger partial charge in [-0.1, -0.05) is 18.2 Å². The second-order valence-corrected chi connectivity index (χ2v) is 3.76. The van der Waals surface area contributed by atoms with E-state index < -0.39 is 18.4 Å². The molecule has 0 radical (unpaired) electrons. The molecule has 18 heavy (non-hydrogen) atoms. The number of aromatic nitrogens is 2. The third-order valence-electron chi connectivity index (χ3n) is 2.55. The van der Waals surface area contributed by atoms with Gasteiger partial charge in [0.25, 0.3) is 0 Å². The lowest BCUT2D eigenvalue weighted by atomic mass is 10.1. The van der Waals surface area contributed by atoms with Crippen LogP contribution in [0, 0.1) is 0 Å². The minimum Gasteiger partial charge on any atom is -0.393 e. The number of nitrogens with two attached hydrogens (primary N) is 1. The Labute approximate surface area is 103 Å². The Balaban J connectivity index is 2.60. The Hall–Kier alpha value is -2.18. The zero-order valence-electron chi connectivity index (χ0n) is 9.52. The van der Waals surface area contributed by atoms with E-state index in [0.717, 1.165) is 0 Å². The van der Waals surface area contributed by atoms with Crippen LogP contribution in [0.15, 0.2) is 41.3 Å². The van der Waals surface area contributed by atoms with E-state index in [9.17, 15) is 9.90 Å². The van der Waals surface area contributed by atoms with Crippen molar-refractivity contribution in [3.63, 3.8) is 0 Å². The van der Waals surface area contributed by atoms with Gasteiger partial charge in [0.1, 0.15) is 11.9 Å². The van der Waals surface area contributed by atoms with Crippen molar-refractivity contribution in [1.29, 1.82) is 0 Å². The number of hydrogen-bond acceptors (Lipinski definition) is 5. The van der Waals surface area contributed by atoms with Gasteiger partial charge in [-0.3, -0.25) is 4.57 Å². The first-order valence-electron chi connectivity index (χ1n) is 5.37. The lowest BCUT2D eigenvalue weighted by molar-refractivity contribution is 0.0955. The van der Waals surface area contributed by atoms with E-state index in [0.29, 0.717) is 11.3 Å². The molecule has 6 heteroatoms. The first kappa shape index (κ1) is 12.3. The summed E-state index contributed by atoms with van der Waals surface area (Å²) >= 11 is 0. The Morgan fingerprint density at radius 2 is 2.06 bits per heavy atom. The highest BCUT2D eigenvalue weighted by molar-refractivity contribution is 5.43. The van der Waals surface area contributed by atoms with E-state index in [1.807, 2.05) is 0 Å². The summed E-state index contributed by atoms with van der Waals surface area (Å²) in [5.74, 6) is 0.136. The number of hydrogen-bond donors (Lipinski definition) is 3. The first-order chi connectivity index (χ1) is 8.63. The van der Waals surface area contributed by atoms with E-state index in [4.69, 9.17) is 10.8 Å². The number of anilines is 1. The van der Waals surface area contributed by atoms with Gasteiger partial charge in [-0.25, -0.2) is 4.79 Å². The number of aliphatic hydroxyl groups is 2. The Morgan fingerprint density at radius 1 is 1.33 bits per heavy atom. The minimum absolute atomic E-state index is 0.136. The summed E-state index contributed by atoms with van der Waals surface area (Å²) in [6, 6.07) is 8.23. The second-order valence-electron chi connectivity index (χ2n) is 3.76. The van der Waals surface area contributed by atoms with Gasteiger partial charge in [0.15, 0.2) is 0 Å². The first-order valence-corrected chi connectivity index (χ1v) is 5.37. The second kappa shape index (κ2) is 4.99. The lowest BCUT2D eigenvalue weighted by Crippen LogP contribution is -2.23. The van der Waals surface area contributed by atoms with Crippen molar-refractivity contribution in [1.82, 2.24) is 9.55 Å². The fourth-order valence-corrected chi connectivity index (χ4v) is 1.69. The quantitative estimate of drug-likeness (QED) is 0.699. The van der Waals surface area contributed by atoms with Crippen LogP contribution in [0.5, 0.6) is 0 Å². The topological polar surface area (TPSA) is 101 Å². The van der Waals surface area contributed by atoms with E-state index in [2.05, 4.69) is 4.98 Å². The maximum absolute atomic E-state index is 11.7. The molecule has 0 saturated carbocycles. The lowest BCUT2D eigenvalue weighted by Gasteiger charge is -2.14. The molecule has 94 valence electrons. The summed E-state index contributed by atoms with van der Waals surface area (Å²) < 4.78 is 1.27. The molecule has 0 fully saturated rings. The van der Waals surface area contributed by atoms with Crippen LogP contribution in [0.4, 0.5) is 5.82 Å². The molecule has 0 aliphatic carbocycles. The standard InChI is InChI=1S/C12H13N3O3/c13-11-5-6-15(12(18)14-11)9-4-2-1-3-8(9)10(17)7-16/h1-6,10,16-17H,7H2,(H2,13,14,18)/t10-/m1/s1. The van der Waals surface area contributed by atoms with Crippen molar-refractivity contribution >= 4 is 5.82 Å². The molecule has 1 aromatic heterocycles. The fraction of sp³-hybridized carbons (Fsp3) is 0.167. The van der Waals surface area contributed by atoms with Gasteiger partial charge in [-0.05, 0) is 12.1 Å². The third kappa shape index (κ3) is 2.24. The van der Waals surface area contributed by atoms with Gasteiger partial charge in [-0.15, -0.1) is 0 Å². The summed E-state index contributed by atoms with van der Waals surface area (Å²) in [5.41, 5.74) is 5.80. The molecule has 0 aliphatic rings. The van der Waals surface area contributed by atoms with E-state index in [1.165, 1.54) is 16.8 Å². The highest BCUT2D eigenvalue weighted by Crippen LogP contribution is 2.20. The normalized spacial score (nSPS) is 12.3. The average Bonchev–Trinajstić information content (AvgIpc) is 2.38. The zero-order valence-corrected chi connectivity index (χ0v) is 9.52. The summed E-state index contributed by atoms with van der Waals surface area (Å²) in [5, 5.41) is 18.7.